The summed E-state index contributed by atoms with van der Waals surface area (Å²) in [7, 11) is 0. The average molecular weight is 306 g/mol. The number of hydrogen-bond acceptors (Lipinski definition) is 4. The normalized spacial score (nSPS) is 20.6. The van der Waals surface area contributed by atoms with Crippen molar-refractivity contribution < 1.29 is 22.2 Å². The van der Waals surface area contributed by atoms with Crippen LogP contribution in [-0.2, 0) is 12.7 Å². The van der Waals surface area contributed by atoms with E-state index < -0.39 is 29.3 Å². The Labute approximate surface area is 124 Å². The smallest absolute Gasteiger partial charge is 0.304 e. The second kappa shape index (κ2) is 5.98. The van der Waals surface area contributed by atoms with Crippen molar-refractivity contribution in [3.05, 3.63) is 39.4 Å². The summed E-state index contributed by atoms with van der Waals surface area (Å²) in [6.45, 7) is -1.17. The molecule has 116 valence electrons. The molecular formula is C13H16F3N3O2. The van der Waals surface area contributed by atoms with E-state index in [-0.39, 0.29) is 25.2 Å². The summed E-state index contributed by atoms with van der Waals surface area (Å²) in [5.74, 6) is 0. The van der Waals surface area contributed by atoms with Gasteiger partial charge in [-0.2, -0.15) is 13.2 Å². The Bertz CT molecular complexity index is 615. The van der Waals surface area contributed by atoms with Gasteiger partial charge in [0.15, 0.2) is 0 Å². The van der Waals surface area contributed by atoms with E-state index in [1.54, 1.807) is 4.90 Å². The summed E-state index contributed by atoms with van der Waals surface area (Å²) in [6.07, 6.45) is -4.69. The average Bonchev–Trinajstić information content (AvgIpc) is 2.46. The van der Waals surface area contributed by atoms with E-state index in [9.17, 15) is 23.3 Å². The molecule has 1 aliphatic heterocycles. The van der Waals surface area contributed by atoms with E-state index in [0.29, 0.717) is 19.2 Å². The van der Waals surface area contributed by atoms with Crippen molar-refractivity contribution in [2.45, 2.75) is 12.7 Å². The Morgan fingerprint density at radius 2 is 2.00 bits per heavy atom. The third-order valence-corrected chi connectivity index (χ3v) is 3.38. The molecular weight excluding hydrogens is 287 g/mol. The van der Waals surface area contributed by atoms with Crippen LogP contribution in [0, 0.1) is 10.1 Å². The standard InChI is InChI=1S/C13H16F3N3O2/c1-17-4-6-18(7-5-17)9-10-2-3-11(19(20)21)8-12(10)13(14,15)16/h2-3,8H,4-7,9H2,1H3/i1D3. The van der Waals surface area contributed by atoms with E-state index in [1.165, 1.54) is 4.90 Å². The molecule has 1 heterocycles. The summed E-state index contributed by atoms with van der Waals surface area (Å²) in [5, 5.41) is 10.7. The lowest BCUT2D eigenvalue weighted by molar-refractivity contribution is -0.385. The first kappa shape index (κ1) is 11.9. The molecule has 0 bridgehead atoms. The van der Waals surface area contributed by atoms with Crippen LogP contribution >= 0.6 is 0 Å². The monoisotopic (exact) mass is 306 g/mol. The summed E-state index contributed by atoms with van der Waals surface area (Å²) in [6, 6.07) is 2.69. The van der Waals surface area contributed by atoms with Gasteiger partial charge in [0.2, 0.25) is 0 Å². The number of halogens is 3. The largest absolute Gasteiger partial charge is 0.416 e. The minimum atomic E-state index is -4.69. The van der Waals surface area contributed by atoms with Crippen molar-refractivity contribution in [1.29, 1.82) is 0 Å². The number of benzene rings is 1. The van der Waals surface area contributed by atoms with Gasteiger partial charge in [-0.05, 0) is 12.5 Å². The number of nitro benzene ring substituents is 1. The molecule has 0 spiro atoms. The molecule has 0 aliphatic carbocycles. The molecule has 21 heavy (non-hydrogen) atoms. The number of non-ortho nitro benzene ring substituents is 1. The molecule has 1 aliphatic rings. The molecule has 1 aromatic carbocycles. The van der Waals surface area contributed by atoms with Gasteiger partial charge in [0.25, 0.3) is 5.69 Å². The van der Waals surface area contributed by atoms with Crippen molar-refractivity contribution in [2.24, 2.45) is 0 Å². The van der Waals surface area contributed by atoms with Crippen molar-refractivity contribution >= 4 is 5.69 Å². The Balaban J connectivity index is 2.14. The number of rotatable bonds is 3. The number of piperazine rings is 1. The van der Waals surface area contributed by atoms with Crippen LogP contribution in [0.5, 0.6) is 0 Å². The predicted molar refractivity (Wildman–Crippen MR) is 70.9 cm³/mol. The summed E-state index contributed by atoms with van der Waals surface area (Å²) >= 11 is 0. The van der Waals surface area contributed by atoms with Crippen LogP contribution in [0.4, 0.5) is 18.9 Å². The highest BCUT2D eigenvalue weighted by Gasteiger charge is 2.35. The summed E-state index contributed by atoms with van der Waals surface area (Å²) < 4.78 is 61.4. The van der Waals surface area contributed by atoms with Crippen LogP contribution in [-0.4, -0.2) is 47.9 Å². The predicted octanol–water partition coefficient (Wildman–Crippen LogP) is 2.36. The fraction of sp³-hybridized carbons (Fsp3) is 0.538. The second-order valence-corrected chi connectivity index (χ2v) is 4.86. The maximum Gasteiger partial charge on any atom is 0.416 e. The first-order chi connectivity index (χ1) is 11.0. The zero-order valence-corrected chi connectivity index (χ0v) is 11.1. The van der Waals surface area contributed by atoms with Crippen LogP contribution in [0.1, 0.15) is 15.2 Å². The zero-order valence-electron chi connectivity index (χ0n) is 14.1. The van der Waals surface area contributed by atoms with Crippen LogP contribution in [0.15, 0.2) is 18.2 Å². The van der Waals surface area contributed by atoms with Gasteiger partial charge in [-0.15, -0.1) is 0 Å². The molecule has 0 saturated carbocycles. The molecule has 8 heteroatoms. The van der Waals surface area contributed by atoms with Crippen LogP contribution in [0.25, 0.3) is 0 Å². The van der Waals surface area contributed by atoms with Crippen molar-refractivity contribution in [1.82, 2.24) is 9.80 Å². The third kappa shape index (κ3) is 3.92. The SMILES string of the molecule is [2H]C([2H])([2H])N1CCN(Cc2ccc([N+](=O)[O-])cc2C(F)(F)F)CC1. The minimum absolute atomic E-state index is 0.0400. The Kier molecular flexibility index (Phi) is 3.40. The molecule has 1 fully saturated rings. The molecule has 1 saturated heterocycles. The number of nitrogens with zero attached hydrogens (tertiary/aromatic N) is 3. The van der Waals surface area contributed by atoms with Gasteiger partial charge in [-0.3, -0.25) is 15.0 Å². The second-order valence-electron chi connectivity index (χ2n) is 4.86. The highest BCUT2D eigenvalue weighted by Crippen LogP contribution is 2.35. The molecule has 0 amide bonds. The van der Waals surface area contributed by atoms with E-state index in [2.05, 4.69) is 0 Å². The van der Waals surface area contributed by atoms with Crippen molar-refractivity contribution in [3.8, 4) is 0 Å². The number of nitro groups is 1. The van der Waals surface area contributed by atoms with Gasteiger partial charge in [0.05, 0.1) is 10.5 Å². The fourth-order valence-corrected chi connectivity index (χ4v) is 2.23. The highest BCUT2D eigenvalue weighted by atomic mass is 19.4. The highest BCUT2D eigenvalue weighted by molar-refractivity contribution is 5.41. The Hall–Kier alpha value is -1.67. The van der Waals surface area contributed by atoms with Crippen LogP contribution < -0.4 is 0 Å². The summed E-state index contributed by atoms with van der Waals surface area (Å²) in [4.78, 5) is 12.8. The molecule has 0 aromatic heterocycles. The van der Waals surface area contributed by atoms with Gasteiger partial charge in [0.1, 0.15) is 0 Å². The molecule has 5 nitrogen and oxygen atoms in total. The topological polar surface area (TPSA) is 49.6 Å². The number of alkyl halides is 3. The van der Waals surface area contributed by atoms with Crippen molar-refractivity contribution in [2.75, 3.05) is 33.2 Å². The molecule has 0 radical (unpaired) electrons. The fourth-order valence-electron chi connectivity index (χ4n) is 2.23. The quantitative estimate of drug-likeness (QED) is 0.635. The lowest BCUT2D eigenvalue weighted by Crippen LogP contribution is -2.44. The number of likely N-dealkylation sites (N-methyl/N-ethyl adjacent to an activating group) is 1. The number of hydrogen-bond donors (Lipinski definition) is 0. The lowest BCUT2D eigenvalue weighted by Gasteiger charge is -2.32. The third-order valence-electron chi connectivity index (χ3n) is 3.38. The van der Waals surface area contributed by atoms with Crippen LogP contribution in [0.2, 0.25) is 0 Å². The lowest BCUT2D eigenvalue weighted by atomic mass is 10.0. The molecule has 0 atom stereocenters. The Morgan fingerprint density at radius 3 is 2.52 bits per heavy atom. The van der Waals surface area contributed by atoms with Crippen LogP contribution in [0.3, 0.4) is 0 Å². The van der Waals surface area contributed by atoms with Gasteiger partial charge in [0, 0.05) is 49.0 Å². The van der Waals surface area contributed by atoms with E-state index in [0.717, 1.165) is 12.1 Å². The van der Waals surface area contributed by atoms with Crippen molar-refractivity contribution in [3.63, 3.8) is 0 Å². The maximum atomic E-state index is 13.1. The molecule has 1 aromatic rings. The molecule has 0 N–H and O–H groups in total. The van der Waals surface area contributed by atoms with Gasteiger partial charge in [-0.1, -0.05) is 6.07 Å². The zero-order chi connectivity index (χ0) is 18.1. The molecule has 0 unspecified atom stereocenters. The summed E-state index contributed by atoms with van der Waals surface area (Å²) in [5.41, 5.74) is -1.70. The molecule has 2 rings (SSSR count). The van der Waals surface area contributed by atoms with Gasteiger partial charge in [-0.25, -0.2) is 0 Å². The first-order valence-corrected chi connectivity index (χ1v) is 6.30. The van der Waals surface area contributed by atoms with E-state index in [4.69, 9.17) is 4.11 Å². The maximum absolute atomic E-state index is 13.1. The minimum Gasteiger partial charge on any atom is -0.304 e. The Morgan fingerprint density at radius 1 is 1.33 bits per heavy atom. The van der Waals surface area contributed by atoms with E-state index in [1.807, 2.05) is 0 Å². The van der Waals surface area contributed by atoms with Gasteiger partial charge < -0.3 is 4.90 Å². The first-order valence-electron chi connectivity index (χ1n) is 7.80. The van der Waals surface area contributed by atoms with E-state index >= 15 is 0 Å². The van der Waals surface area contributed by atoms with Gasteiger partial charge >= 0.3 is 6.18 Å².